The SMILES string of the molecule is [SiH3]C[SiH2]C[SiH2]C[SiH2]C[SiH3]. The first-order valence-electron chi connectivity index (χ1n) is 4.41. The Bertz CT molecular complexity index is 42.2. The smallest absolute Gasteiger partial charge is 0.0134 e. The Balaban J connectivity index is 2.60. The van der Waals surface area contributed by atoms with E-state index < -0.39 is 0 Å². The Hall–Kier alpha value is 1.08. The van der Waals surface area contributed by atoms with Gasteiger partial charge in [-0.25, -0.2) is 0 Å². The molecule has 5 heteroatoms. The van der Waals surface area contributed by atoms with Gasteiger partial charge in [-0.2, -0.15) is 0 Å². The van der Waals surface area contributed by atoms with E-state index in [9.17, 15) is 0 Å². The predicted molar refractivity (Wildman–Crippen MR) is 64.7 cm³/mol. The summed E-state index contributed by atoms with van der Waals surface area (Å²) in [6, 6.07) is 0. The minimum atomic E-state index is 0.551. The van der Waals surface area contributed by atoms with Gasteiger partial charge in [-0.15, -0.1) is 0 Å². The van der Waals surface area contributed by atoms with Crippen molar-refractivity contribution in [2.75, 3.05) is 0 Å². The third-order valence-electron chi connectivity index (χ3n) is 1.71. The van der Waals surface area contributed by atoms with Gasteiger partial charge in [0.05, 0.1) is 0 Å². The number of hydrogen-bond acceptors (Lipinski definition) is 0. The normalized spacial score (nSPS) is 14.7. The summed E-state index contributed by atoms with van der Waals surface area (Å²) in [5.41, 5.74) is 7.04. The maximum absolute atomic E-state index is 1.82. The van der Waals surface area contributed by atoms with Gasteiger partial charge in [0.2, 0.25) is 0 Å². The highest BCUT2D eigenvalue weighted by atomic mass is 28.3. The van der Waals surface area contributed by atoms with E-state index >= 15 is 0 Å². The molecular weight excluding hydrogens is 188 g/mol. The standard InChI is InChI=1S/C4H20Si5/c5-1-7-3-9-4-8-2-6/h1-4,7-9H2,5-6H3. The summed E-state index contributed by atoms with van der Waals surface area (Å²) in [6.45, 7) is 0. The van der Waals surface area contributed by atoms with Gasteiger partial charge >= 0.3 is 0 Å². The lowest BCUT2D eigenvalue weighted by Gasteiger charge is -1.93. The zero-order chi connectivity index (χ0) is 6.95. The molecule has 0 radical (unpaired) electrons. The average molecular weight is 209 g/mol. The molecule has 0 bridgehead atoms. The second-order valence-electron chi connectivity index (χ2n) is 2.77. The summed E-state index contributed by atoms with van der Waals surface area (Å²) < 4.78 is 0. The first-order valence-corrected chi connectivity index (χ1v) is 13.2. The summed E-state index contributed by atoms with van der Waals surface area (Å²) in [5.74, 6) is 0. The molecule has 0 atom stereocenters. The molecule has 0 spiro atoms. The van der Waals surface area contributed by atoms with Crippen LogP contribution in [0.5, 0.6) is 0 Å². The Kier molecular flexibility index (Phi) is 10.2. The molecule has 0 nitrogen and oxygen atoms in total. The van der Waals surface area contributed by atoms with Crippen molar-refractivity contribution in [1.29, 1.82) is 0 Å². The molecule has 0 fully saturated rings. The topological polar surface area (TPSA) is 0 Å². The van der Waals surface area contributed by atoms with Gasteiger partial charge in [0, 0.05) is 28.6 Å². The molecule has 0 amide bonds. The van der Waals surface area contributed by atoms with E-state index in [1.54, 1.807) is 11.3 Å². The van der Waals surface area contributed by atoms with E-state index in [4.69, 9.17) is 0 Å². The van der Waals surface area contributed by atoms with Crippen molar-refractivity contribution in [3.63, 3.8) is 0 Å². The van der Waals surface area contributed by atoms with Crippen LogP contribution in [-0.4, -0.2) is 49.0 Å². The molecule has 0 N–H and O–H groups in total. The van der Waals surface area contributed by atoms with Crippen molar-refractivity contribution in [3.8, 4) is 0 Å². The average Bonchev–Trinajstić information content (AvgIpc) is 1.89. The van der Waals surface area contributed by atoms with Crippen LogP contribution in [-0.2, 0) is 0 Å². The van der Waals surface area contributed by atoms with Gasteiger partial charge in [-0.3, -0.25) is 0 Å². The van der Waals surface area contributed by atoms with E-state index in [0.717, 1.165) is 0 Å². The summed E-state index contributed by atoms with van der Waals surface area (Å²) in [5, 5.41) is 0. The third kappa shape index (κ3) is 9.08. The van der Waals surface area contributed by atoms with E-state index in [0.29, 0.717) is 28.6 Å². The van der Waals surface area contributed by atoms with E-state index in [2.05, 4.69) is 0 Å². The van der Waals surface area contributed by atoms with E-state index in [-0.39, 0.29) is 0 Å². The molecule has 0 aromatic carbocycles. The van der Waals surface area contributed by atoms with Gasteiger partial charge in [0.25, 0.3) is 0 Å². The first kappa shape index (κ1) is 10.1. The molecule has 0 aliphatic heterocycles. The van der Waals surface area contributed by atoms with Crippen molar-refractivity contribution in [2.24, 2.45) is 0 Å². The second-order valence-corrected chi connectivity index (χ2v) is 18.5. The van der Waals surface area contributed by atoms with Gasteiger partial charge < -0.3 is 0 Å². The number of rotatable bonds is 6. The molecule has 56 valence electrons. The molecule has 0 unspecified atom stereocenters. The van der Waals surface area contributed by atoms with E-state index in [1.807, 2.05) is 11.3 Å². The van der Waals surface area contributed by atoms with Crippen molar-refractivity contribution >= 4 is 49.0 Å². The molecule has 0 aliphatic rings. The Labute approximate surface area is 71.9 Å². The summed E-state index contributed by atoms with van der Waals surface area (Å²) in [4.78, 5) is 0. The Morgan fingerprint density at radius 1 is 0.778 bits per heavy atom. The maximum atomic E-state index is 1.82. The molecule has 0 saturated carbocycles. The minimum Gasteiger partial charge on any atom is -0.0752 e. The van der Waals surface area contributed by atoms with Gasteiger partial charge in [0.1, 0.15) is 0 Å². The first-order chi connectivity index (χ1) is 4.41. The molecule has 0 saturated heterocycles. The summed E-state index contributed by atoms with van der Waals surface area (Å²) >= 11 is 0. The number of hydrogen-bond donors (Lipinski definition) is 0. The molecular formula is C4H20Si5. The summed E-state index contributed by atoms with van der Waals surface area (Å²) in [6.07, 6.45) is 0. The highest BCUT2D eigenvalue weighted by molar-refractivity contribution is 6.67. The molecule has 0 aliphatic carbocycles. The van der Waals surface area contributed by atoms with Crippen LogP contribution in [0.2, 0.25) is 22.7 Å². The van der Waals surface area contributed by atoms with Crippen LogP contribution in [0, 0.1) is 0 Å². The molecule has 9 heavy (non-hydrogen) atoms. The second kappa shape index (κ2) is 9.08. The fraction of sp³-hybridized carbons (Fsp3) is 1.00. The fourth-order valence-corrected chi connectivity index (χ4v) is 21.5. The van der Waals surface area contributed by atoms with Crippen LogP contribution >= 0.6 is 0 Å². The van der Waals surface area contributed by atoms with Gasteiger partial charge in [0.15, 0.2) is 0 Å². The van der Waals surface area contributed by atoms with Crippen LogP contribution in [0.25, 0.3) is 0 Å². The summed E-state index contributed by atoms with van der Waals surface area (Å²) in [7, 11) is 4.68. The van der Waals surface area contributed by atoms with Crippen LogP contribution in [0.3, 0.4) is 0 Å². The van der Waals surface area contributed by atoms with Crippen molar-refractivity contribution in [3.05, 3.63) is 0 Å². The fourth-order valence-electron chi connectivity index (χ4n) is 1.03. The molecule has 0 rings (SSSR count). The largest absolute Gasteiger partial charge is 0.0752 e. The molecule has 0 aromatic heterocycles. The third-order valence-corrected chi connectivity index (χ3v) is 15.4. The lowest BCUT2D eigenvalue weighted by Crippen LogP contribution is -2.01. The monoisotopic (exact) mass is 208 g/mol. The van der Waals surface area contributed by atoms with Crippen LogP contribution in [0.1, 0.15) is 0 Å². The Morgan fingerprint density at radius 3 is 1.56 bits per heavy atom. The van der Waals surface area contributed by atoms with Gasteiger partial charge in [-0.05, 0) is 20.5 Å². The Morgan fingerprint density at radius 2 is 1.22 bits per heavy atom. The lowest BCUT2D eigenvalue weighted by atomic mass is 11.8. The highest BCUT2D eigenvalue weighted by Gasteiger charge is 1.88. The molecule has 0 heterocycles. The van der Waals surface area contributed by atoms with Crippen molar-refractivity contribution in [1.82, 2.24) is 0 Å². The van der Waals surface area contributed by atoms with Crippen molar-refractivity contribution in [2.45, 2.75) is 22.7 Å². The maximum Gasteiger partial charge on any atom is 0.0134 e. The quantitative estimate of drug-likeness (QED) is 0.318. The van der Waals surface area contributed by atoms with Crippen molar-refractivity contribution < 1.29 is 0 Å². The minimum absolute atomic E-state index is 0.551. The van der Waals surface area contributed by atoms with Gasteiger partial charge in [-0.1, -0.05) is 22.7 Å². The predicted octanol–water partition coefficient (Wildman–Crippen LogP) is -3.27. The lowest BCUT2D eigenvalue weighted by molar-refractivity contribution is 1.78. The molecule has 0 aromatic rings. The van der Waals surface area contributed by atoms with Crippen LogP contribution in [0.15, 0.2) is 0 Å². The van der Waals surface area contributed by atoms with Crippen LogP contribution in [0.4, 0.5) is 0 Å². The zero-order valence-electron chi connectivity index (χ0n) is 6.95. The highest BCUT2D eigenvalue weighted by Crippen LogP contribution is 1.85. The zero-order valence-corrected chi connectivity index (χ0v) is 15.2. The van der Waals surface area contributed by atoms with Crippen LogP contribution < -0.4 is 0 Å². The van der Waals surface area contributed by atoms with E-state index in [1.165, 1.54) is 20.5 Å².